The van der Waals surface area contributed by atoms with Gasteiger partial charge in [0.1, 0.15) is 19.3 Å². The molecular weight excluding hydrogens is 517 g/mol. The molecule has 0 saturated carbocycles. The van der Waals surface area contributed by atoms with Gasteiger partial charge in [-0.1, -0.05) is 96.5 Å². The van der Waals surface area contributed by atoms with Crippen molar-refractivity contribution in [1.29, 1.82) is 0 Å². The van der Waals surface area contributed by atoms with Gasteiger partial charge in [-0.25, -0.2) is 4.57 Å². The molecule has 0 heterocycles. The molecule has 0 aliphatic carbocycles. The Morgan fingerprint density at radius 1 is 0.821 bits per heavy atom. The van der Waals surface area contributed by atoms with Crippen molar-refractivity contribution in [3.8, 4) is 0 Å². The fourth-order valence-electron chi connectivity index (χ4n) is 4.01. The van der Waals surface area contributed by atoms with E-state index in [0.717, 1.165) is 19.3 Å². The minimum absolute atomic E-state index is 0.0823. The number of nitrogens with zero attached hydrogens (tertiary/aromatic N) is 1. The summed E-state index contributed by atoms with van der Waals surface area (Å²) in [5.41, 5.74) is 0. The molecular formula is C30H61NO7P+. The molecule has 0 fully saturated rings. The maximum absolute atomic E-state index is 12.2. The van der Waals surface area contributed by atoms with Gasteiger partial charge in [0.2, 0.25) is 0 Å². The molecule has 0 aliphatic heterocycles. The summed E-state index contributed by atoms with van der Waals surface area (Å²) in [7, 11) is 1.64. The lowest BCUT2D eigenvalue weighted by molar-refractivity contribution is -0.870. The number of phosphoric acid groups is 1. The number of hydrogen-bond acceptors (Lipinski definition) is 6. The van der Waals surface area contributed by atoms with Crippen LogP contribution in [0.4, 0.5) is 0 Å². The van der Waals surface area contributed by atoms with E-state index in [0.29, 0.717) is 24.1 Å². The SMILES string of the molecule is C=CCCCC(=O)O[C@H](COCCCCCCCCCCCCCCCC)COP(=O)(O)OCC[N+](C)(C)C. The Bertz CT molecular complexity index is 639. The number of rotatable bonds is 29. The molecule has 0 aromatic rings. The monoisotopic (exact) mass is 578 g/mol. The summed E-state index contributed by atoms with van der Waals surface area (Å²) < 4.78 is 34.2. The van der Waals surface area contributed by atoms with Crippen LogP contribution >= 0.6 is 7.82 Å². The van der Waals surface area contributed by atoms with Crippen LogP contribution in [0.25, 0.3) is 0 Å². The molecule has 1 unspecified atom stereocenters. The maximum atomic E-state index is 12.2. The van der Waals surface area contributed by atoms with E-state index in [4.69, 9.17) is 18.5 Å². The van der Waals surface area contributed by atoms with E-state index >= 15 is 0 Å². The zero-order valence-corrected chi connectivity index (χ0v) is 26.6. The summed E-state index contributed by atoms with van der Waals surface area (Å²) in [5.74, 6) is -0.385. The Kier molecular flexibility index (Phi) is 24.5. The summed E-state index contributed by atoms with van der Waals surface area (Å²) in [4.78, 5) is 22.2. The Hall–Kier alpha value is -0.760. The molecule has 0 aromatic heterocycles. The van der Waals surface area contributed by atoms with Gasteiger partial charge in [-0.2, -0.15) is 0 Å². The summed E-state index contributed by atoms with van der Waals surface area (Å²) >= 11 is 0. The molecule has 0 aliphatic rings. The first-order chi connectivity index (χ1) is 18.6. The van der Waals surface area contributed by atoms with Gasteiger partial charge in [0.15, 0.2) is 0 Å². The van der Waals surface area contributed by atoms with Crippen LogP contribution in [0, 0.1) is 0 Å². The third kappa shape index (κ3) is 28.6. The lowest BCUT2D eigenvalue weighted by Crippen LogP contribution is -2.37. The van der Waals surface area contributed by atoms with Crippen LogP contribution in [0.5, 0.6) is 0 Å². The summed E-state index contributed by atoms with van der Waals surface area (Å²) in [6.45, 7) is 6.96. The van der Waals surface area contributed by atoms with Gasteiger partial charge in [-0.15, -0.1) is 6.58 Å². The van der Waals surface area contributed by atoms with Crippen molar-refractivity contribution in [2.45, 2.75) is 122 Å². The van der Waals surface area contributed by atoms with Crippen molar-refractivity contribution in [1.82, 2.24) is 0 Å². The van der Waals surface area contributed by atoms with Gasteiger partial charge in [0.05, 0.1) is 34.4 Å². The van der Waals surface area contributed by atoms with Crippen molar-refractivity contribution in [2.24, 2.45) is 0 Å². The van der Waals surface area contributed by atoms with Gasteiger partial charge in [-0.05, 0) is 19.3 Å². The summed E-state index contributed by atoms with van der Waals surface area (Å²) in [6, 6.07) is 0. The molecule has 0 spiro atoms. The van der Waals surface area contributed by atoms with E-state index in [2.05, 4.69) is 13.5 Å². The van der Waals surface area contributed by atoms with Crippen molar-refractivity contribution in [3.05, 3.63) is 12.7 Å². The van der Waals surface area contributed by atoms with Gasteiger partial charge >= 0.3 is 13.8 Å². The third-order valence-electron chi connectivity index (χ3n) is 6.47. The summed E-state index contributed by atoms with van der Waals surface area (Å²) in [6.07, 6.45) is 20.7. The van der Waals surface area contributed by atoms with Gasteiger partial charge in [0.25, 0.3) is 0 Å². The molecule has 0 radical (unpaired) electrons. The first-order valence-corrected chi connectivity index (χ1v) is 16.9. The highest BCUT2D eigenvalue weighted by atomic mass is 31.2. The molecule has 0 rings (SSSR count). The van der Waals surface area contributed by atoms with Crippen LogP contribution in [0.3, 0.4) is 0 Å². The minimum Gasteiger partial charge on any atom is -0.457 e. The average molecular weight is 579 g/mol. The number of esters is 1. The standard InChI is InChI=1S/C30H60NO7P/c1-6-8-10-11-12-13-14-15-16-17-18-19-20-22-25-35-27-29(38-30(32)23-21-9-7-2)28-37-39(33,34)36-26-24-31(3,4)5/h7,29H,2,6,8-28H2,1,3-5H3/p+1/t29-/m1/s1. The molecule has 9 heteroatoms. The quantitative estimate of drug-likeness (QED) is 0.0321. The molecule has 39 heavy (non-hydrogen) atoms. The van der Waals surface area contributed by atoms with E-state index in [1.165, 1.54) is 77.0 Å². The second kappa shape index (κ2) is 25.0. The molecule has 1 N–H and O–H groups in total. The Morgan fingerprint density at radius 2 is 1.36 bits per heavy atom. The zero-order valence-electron chi connectivity index (χ0n) is 25.7. The van der Waals surface area contributed by atoms with E-state index < -0.39 is 13.9 Å². The molecule has 8 nitrogen and oxygen atoms in total. The number of ether oxygens (including phenoxy) is 2. The number of allylic oxidation sites excluding steroid dienone is 1. The highest BCUT2D eigenvalue weighted by molar-refractivity contribution is 7.47. The average Bonchev–Trinajstić information content (AvgIpc) is 2.86. The third-order valence-corrected chi connectivity index (χ3v) is 7.46. The summed E-state index contributed by atoms with van der Waals surface area (Å²) in [5, 5.41) is 0. The molecule has 232 valence electrons. The normalized spacial score (nSPS) is 14.2. The van der Waals surface area contributed by atoms with Gasteiger partial charge in [-0.3, -0.25) is 13.8 Å². The fourth-order valence-corrected chi connectivity index (χ4v) is 4.75. The van der Waals surface area contributed by atoms with Crippen molar-refractivity contribution >= 4 is 13.8 Å². The van der Waals surface area contributed by atoms with Crippen LogP contribution < -0.4 is 0 Å². The molecule has 0 amide bonds. The van der Waals surface area contributed by atoms with E-state index in [-0.39, 0.29) is 32.2 Å². The zero-order chi connectivity index (χ0) is 29.2. The van der Waals surface area contributed by atoms with Crippen molar-refractivity contribution < 1.29 is 37.3 Å². The van der Waals surface area contributed by atoms with Crippen molar-refractivity contribution in [3.63, 3.8) is 0 Å². The van der Waals surface area contributed by atoms with Crippen LogP contribution in [0.15, 0.2) is 12.7 Å². The Morgan fingerprint density at radius 3 is 1.87 bits per heavy atom. The fraction of sp³-hybridized carbons (Fsp3) is 0.900. The lowest BCUT2D eigenvalue weighted by Gasteiger charge is -2.24. The minimum atomic E-state index is -4.25. The molecule has 0 saturated heterocycles. The molecule has 0 bridgehead atoms. The number of phosphoric ester groups is 1. The number of likely N-dealkylation sites (N-methyl/N-ethyl adjacent to an activating group) is 1. The van der Waals surface area contributed by atoms with E-state index in [9.17, 15) is 14.3 Å². The van der Waals surface area contributed by atoms with Crippen LogP contribution in [-0.2, 0) is 27.9 Å². The van der Waals surface area contributed by atoms with Gasteiger partial charge in [0, 0.05) is 13.0 Å². The number of hydrogen-bond donors (Lipinski definition) is 1. The van der Waals surface area contributed by atoms with Crippen LogP contribution in [0.1, 0.15) is 116 Å². The van der Waals surface area contributed by atoms with Crippen LogP contribution in [-0.4, -0.2) is 75.6 Å². The predicted octanol–water partition coefficient (Wildman–Crippen LogP) is 7.59. The topological polar surface area (TPSA) is 91.3 Å². The number of carbonyl (C=O) groups excluding carboxylic acids is 1. The van der Waals surface area contributed by atoms with E-state index in [1.807, 2.05) is 21.1 Å². The first-order valence-electron chi connectivity index (χ1n) is 15.4. The second-order valence-electron chi connectivity index (χ2n) is 11.6. The predicted molar refractivity (Wildman–Crippen MR) is 160 cm³/mol. The molecule has 2 atom stereocenters. The maximum Gasteiger partial charge on any atom is 0.472 e. The molecule has 0 aromatic carbocycles. The first kappa shape index (κ1) is 38.2. The van der Waals surface area contributed by atoms with Crippen molar-refractivity contribution in [2.75, 3.05) is 54.1 Å². The smallest absolute Gasteiger partial charge is 0.457 e. The largest absolute Gasteiger partial charge is 0.472 e. The Balaban J connectivity index is 4.10. The van der Waals surface area contributed by atoms with E-state index in [1.54, 1.807) is 6.08 Å². The number of unbranched alkanes of at least 4 members (excludes halogenated alkanes) is 14. The Labute approximate surface area is 240 Å². The number of quaternary nitrogens is 1. The number of carbonyl (C=O) groups is 1. The highest BCUT2D eigenvalue weighted by Gasteiger charge is 2.26. The second-order valence-corrected chi connectivity index (χ2v) is 13.0. The van der Waals surface area contributed by atoms with Crippen LogP contribution in [0.2, 0.25) is 0 Å². The van der Waals surface area contributed by atoms with Gasteiger partial charge < -0.3 is 18.9 Å². The highest BCUT2D eigenvalue weighted by Crippen LogP contribution is 2.43. The lowest BCUT2D eigenvalue weighted by atomic mass is 10.0.